The van der Waals surface area contributed by atoms with Crippen LogP contribution in [0.1, 0.15) is 33.0 Å². The third-order valence-electron chi connectivity index (χ3n) is 5.13. The van der Waals surface area contributed by atoms with E-state index in [2.05, 4.69) is 20.9 Å². The number of rotatable bonds is 8. The first-order chi connectivity index (χ1) is 16.0. The van der Waals surface area contributed by atoms with Gasteiger partial charge < -0.3 is 15.2 Å². The lowest BCUT2D eigenvalue weighted by Crippen LogP contribution is -2.36. The molecule has 0 unspecified atom stereocenters. The lowest BCUT2D eigenvalue weighted by atomic mass is 10.1. The Bertz CT molecular complexity index is 1260. The molecule has 2 amide bonds. The number of amides is 2. The number of nitrogens with zero attached hydrogens (tertiary/aromatic N) is 3. The Hall–Kier alpha value is -4.20. The molecule has 0 bridgehead atoms. The second kappa shape index (κ2) is 9.95. The van der Waals surface area contributed by atoms with E-state index >= 15 is 0 Å². The van der Waals surface area contributed by atoms with Crippen molar-refractivity contribution in [3.63, 3.8) is 0 Å². The van der Waals surface area contributed by atoms with E-state index in [0.29, 0.717) is 18.8 Å². The van der Waals surface area contributed by atoms with Gasteiger partial charge in [0.05, 0.1) is 18.8 Å². The van der Waals surface area contributed by atoms with E-state index in [1.165, 1.54) is 0 Å². The molecule has 4 aromatic rings. The maximum atomic E-state index is 12.3. The zero-order valence-corrected chi connectivity index (χ0v) is 18.5. The summed E-state index contributed by atoms with van der Waals surface area (Å²) in [5.41, 5.74) is 5.10. The summed E-state index contributed by atoms with van der Waals surface area (Å²) in [6.07, 6.45) is 0. The molecule has 0 saturated carbocycles. The molecule has 168 valence electrons. The van der Waals surface area contributed by atoms with E-state index in [4.69, 9.17) is 4.52 Å². The molecule has 0 atom stereocenters. The predicted molar refractivity (Wildman–Crippen MR) is 123 cm³/mol. The van der Waals surface area contributed by atoms with Crippen LogP contribution in [-0.4, -0.2) is 33.3 Å². The topological polar surface area (TPSA) is 102 Å². The molecule has 0 saturated heterocycles. The second-order valence-electron chi connectivity index (χ2n) is 7.81. The molecule has 33 heavy (non-hydrogen) atoms. The third kappa shape index (κ3) is 5.74. The van der Waals surface area contributed by atoms with E-state index in [-0.39, 0.29) is 18.1 Å². The second-order valence-corrected chi connectivity index (χ2v) is 7.81. The molecule has 0 aliphatic rings. The first-order valence-corrected chi connectivity index (χ1v) is 10.6. The van der Waals surface area contributed by atoms with E-state index < -0.39 is 5.91 Å². The van der Waals surface area contributed by atoms with E-state index in [9.17, 15) is 9.59 Å². The maximum absolute atomic E-state index is 12.3. The maximum Gasteiger partial charge on any atom is 0.273 e. The van der Waals surface area contributed by atoms with Gasteiger partial charge in [-0.25, -0.2) is 0 Å². The number of hydrogen-bond donors (Lipinski definition) is 2. The Morgan fingerprint density at radius 1 is 0.939 bits per heavy atom. The molecule has 0 spiro atoms. The van der Waals surface area contributed by atoms with Crippen molar-refractivity contribution in [2.75, 3.05) is 6.54 Å². The van der Waals surface area contributed by atoms with E-state index in [1.807, 2.05) is 79.2 Å². The van der Waals surface area contributed by atoms with Crippen LogP contribution in [0.3, 0.4) is 0 Å². The lowest BCUT2D eigenvalue weighted by molar-refractivity contribution is -0.120. The third-order valence-corrected chi connectivity index (χ3v) is 5.13. The van der Waals surface area contributed by atoms with Crippen LogP contribution in [0, 0.1) is 13.8 Å². The Morgan fingerprint density at radius 2 is 1.73 bits per heavy atom. The summed E-state index contributed by atoms with van der Waals surface area (Å²) in [5.74, 6) is -0.271. The molecule has 2 aromatic heterocycles. The fourth-order valence-electron chi connectivity index (χ4n) is 3.48. The van der Waals surface area contributed by atoms with Gasteiger partial charge in [-0.2, -0.15) is 5.10 Å². The Kier molecular flexibility index (Phi) is 6.64. The minimum Gasteiger partial charge on any atom is -0.355 e. The van der Waals surface area contributed by atoms with Crippen LogP contribution in [0.25, 0.3) is 11.3 Å². The standard InChI is InChI=1S/C25H25N5O3/c1-17-11-18(2)30(28-17)16-20-8-6-7-19(12-20)14-26-24(31)15-27-25(32)22-13-23(33-29-22)21-9-4-3-5-10-21/h3-13H,14-16H2,1-2H3,(H,26,31)(H,27,32). The van der Waals surface area contributed by atoms with Gasteiger partial charge in [0, 0.05) is 23.9 Å². The molecular weight excluding hydrogens is 418 g/mol. The largest absolute Gasteiger partial charge is 0.355 e. The number of nitrogens with one attached hydrogen (secondary N) is 2. The molecular formula is C25H25N5O3. The zero-order valence-electron chi connectivity index (χ0n) is 18.5. The van der Waals surface area contributed by atoms with E-state index in [0.717, 1.165) is 28.1 Å². The molecule has 8 nitrogen and oxygen atoms in total. The molecule has 0 aliphatic heterocycles. The SMILES string of the molecule is Cc1cc(C)n(Cc2cccc(CNC(=O)CNC(=O)c3cc(-c4ccccc4)on3)c2)n1. The van der Waals surface area contributed by atoms with Crippen molar-refractivity contribution >= 4 is 11.8 Å². The smallest absolute Gasteiger partial charge is 0.273 e. The summed E-state index contributed by atoms with van der Waals surface area (Å²) in [5, 5.41) is 13.7. The summed E-state index contributed by atoms with van der Waals surface area (Å²) in [7, 11) is 0. The van der Waals surface area contributed by atoms with E-state index in [1.54, 1.807) is 6.07 Å². The number of hydrogen-bond acceptors (Lipinski definition) is 5. The van der Waals surface area contributed by atoms with Gasteiger partial charge in [-0.3, -0.25) is 14.3 Å². The number of carbonyl (C=O) groups is 2. The normalized spacial score (nSPS) is 10.7. The van der Waals surface area contributed by atoms with Crippen LogP contribution in [0.15, 0.2) is 71.3 Å². The predicted octanol–water partition coefficient (Wildman–Crippen LogP) is 3.25. The highest BCUT2D eigenvalue weighted by Gasteiger charge is 2.14. The quantitative estimate of drug-likeness (QED) is 0.435. The molecule has 0 aliphatic carbocycles. The number of aromatic nitrogens is 3. The molecule has 2 N–H and O–H groups in total. The summed E-state index contributed by atoms with van der Waals surface area (Å²) in [6, 6.07) is 20.9. The number of carbonyl (C=O) groups excluding carboxylic acids is 2. The lowest BCUT2D eigenvalue weighted by Gasteiger charge is -2.09. The Balaban J connectivity index is 1.26. The van der Waals surface area contributed by atoms with Gasteiger partial charge >= 0.3 is 0 Å². The molecule has 2 heterocycles. The molecule has 4 rings (SSSR count). The molecule has 0 fully saturated rings. The average molecular weight is 444 g/mol. The minimum absolute atomic E-state index is 0.124. The minimum atomic E-state index is -0.469. The Labute approximate surface area is 191 Å². The van der Waals surface area contributed by atoms with Crippen molar-refractivity contribution in [1.82, 2.24) is 25.6 Å². The van der Waals surface area contributed by atoms with Gasteiger partial charge in [0.2, 0.25) is 5.91 Å². The average Bonchev–Trinajstić information content (AvgIpc) is 3.43. The fourth-order valence-corrected chi connectivity index (χ4v) is 3.48. The van der Waals surface area contributed by atoms with Crippen molar-refractivity contribution < 1.29 is 14.1 Å². The zero-order chi connectivity index (χ0) is 23.2. The highest BCUT2D eigenvalue weighted by molar-refractivity contribution is 5.95. The highest BCUT2D eigenvalue weighted by atomic mass is 16.5. The van der Waals surface area contributed by atoms with Crippen molar-refractivity contribution in [1.29, 1.82) is 0 Å². The van der Waals surface area contributed by atoms with Crippen molar-refractivity contribution in [2.24, 2.45) is 0 Å². The van der Waals surface area contributed by atoms with Crippen LogP contribution in [0.5, 0.6) is 0 Å². The number of benzene rings is 2. The summed E-state index contributed by atoms with van der Waals surface area (Å²) in [6.45, 7) is 4.87. The summed E-state index contributed by atoms with van der Waals surface area (Å²) in [4.78, 5) is 24.5. The molecule has 0 radical (unpaired) electrons. The van der Waals surface area contributed by atoms with Crippen LogP contribution < -0.4 is 10.6 Å². The fraction of sp³-hybridized carbons (Fsp3) is 0.200. The molecule has 8 heteroatoms. The first-order valence-electron chi connectivity index (χ1n) is 10.6. The highest BCUT2D eigenvalue weighted by Crippen LogP contribution is 2.19. The van der Waals surface area contributed by atoms with Gasteiger partial charge in [-0.1, -0.05) is 59.8 Å². The van der Waals surface area contributed by atoms with Crippen LogP contribution in [-0.2, 0) is 17.9 Å². The monoisotopic (exact) mass is 443 g/mol. The number of aryl methyl sites for hydroxylation is 2. The van der Waals surface area contributed by atoms with Crippen molar-refractivity contribution in [3.8, 4) is 11.3 Å². The van der Waals surface area contributed by atoms with Crippen LogP contribution in [0.2, 0.25) is 0 Å². The van der Waals surface area contributed by atoms with Crippen LogP contribution in [0.4, 0.5) is 0 Å². The first kappa shape index (κ1) is 22.0. The van der Waals surface area contributed by atoms with Crippen molar-refractivity contribution in [3.05, 3.63) is 94.9 Å². The van der Waals surface area contributed by atoms with Crippen LogP contribution >= 0.6 is 0 Å². The van der Waals surface area contributed by atoms with Gasteiger partial charge in [0.1, 0.15) is 0 Å². The van der Waals surface area contributed by atoms with Crippen molar-refractivity contribution in [2.45, 2.75) is 26.9 Å². The van der Waals surface area contributed by atoms with Gasteiger partial charge in [0.15, 0.2) is 11.5 Å². The van der Waals surface area contributed by atoms with Gasteiger partial charge in [0.25, 0.3) is 5.91 Å². The van der Waals surface area contributed by atoms with Gasteiger partial charge in [-0.15, -0.1) is 0 Å². The molecule has 2 aromatic carbocycles. The van der Waals surface area contributed by atoms with Gasteiger partial charge in [-0.05, 0) is 31.0 Å². The summed E-state index contributed by atoms with van der Waals surface area (Å²) < 4.78 is 7.18. The summed E-state index contributed by atoms with van der Waals surface area (Å²) >= 11 is 0. The Morgan fingerprint density at radius 3 is 2.48 bits per heavy atom.